The summed E-state index contributed by atoms with van der Waals surface area (Å²) in [6.45, 7) is 6.12. The highest BCUT2D eigenvalue weighted by Crippen LogP contribution is 2.22. The van der Waals surface area contributed by atoms with Gasteiger partial charge in [0.2, 0.25) is 0 Å². The maximum absolute atomic E-state index is 12.2. The lowest BCUT2D eigenvalue weighted by Gasteiger charge is -2.20. The molecule has 0 fully saturated rings. The lowest BCUT2D eigenvalue weighted by Crippen LogP contribution is -2.36. The van der Waals surface area contributed by atoms with Gasteiger partial charge in [0.1, 0.15) is 11.3 Å². The molecule has 0 unspecified atom stereocenters. The fourth-order valence-corrected chi connectivity index (χ4v) is 2.88. The van der Waals surface area contributed by atoms with Crippen molar-refractivity contribution >= 4 is 16.9 Å². The summed E-state index contributed by atoms with van der Waals surface area (Å²) >= 11 is 0. The standard InChI is InChI=1S/C17H21N5O2/c1-5-22(6-2)12-9-7-11(8-10-12)14-18-13-15(19-14)20(3)17(24)21(4)16(13)23/h7-10H,5-6H2,1-4H3,(H,18,19). The van der Waals surface area contributed by atoms with Gasteiger partial charge >= 0.3 is 5.69 Å². The summed E-state index contributed by atoms with van der Waals surface area (Å²) in [6.07, 6.45) is 0. The number of anilines is 1. The third kappa shape index (κ3) is 2.42. The summed E-state index contributed by atoms with van der Waals surface area (Å²) in [7, 11) is 3.07. The van der Waals surface area contributed by atoms with Crippen molar-refractivity contribution in [3.8, 4) is 11.4 Å². The first-order valence-corrected chi connectivity index (χ1v) is 7.99. The summed E-state index contributed by atoms with van der Waals surface area (Å²) in [4.78, 5) is 34.0. The van der Waals surface area contributed by atoms with Crippen LogP contribution in [0.3, 0.4) is 0 Å². The summed E-state index contributed by atoms with van der Waals surface area (Å²) in [5.41, 5.74) is 1.96. The van der Waals surface area contributed by atoms with E-state index in [4.69, 9.17) is 0 Å². The van der Waals surface area contributed by atoms with Crippen molar-refractivity contribution in [1.29, 1.82) is 0 Å². The number of fused-ring (bicyclic) bond motifs is 1. The van der Waals surface area contributed by atoms with Gasteiger partial charge in [-0.15, -0.1) is 0 Å². The third-order valence-corrected chi connectivity index (χ3v) is 4.36. The molecule has 1 aromatic carbocycles. The fourth-order valence-electron chi connectivity index (χ4n) is 2.88. The molecule has 3 aromatic rings. The first-order chi connectivity index (χ1) is 11.5. The molecule has 0 aliphatic rings. The van der Waals surface area contributed by atoms with Crippen LogP contribution in [0, 0.1) is 0 Å². The Kier molecular flexibility index (Phi) is 4.01. The second-order valence-electron chi connectivity index (χ2n) is 5.71. The Bertz CT molecular complexity index is 991. The van der Waals surface area contributed by atoms with Gasteiger partial charge in [0.05, 0.1) is 0 Å². The van der Waals surface area contributed by atoms with Crippen LogP contribution in [0.1, 0.15) is 13.8 Å². The van der Waals surface area contributed by atoms with Crippen LogP contribution in [0.2, 0.25) is 0 Å². The number of aromatic nitrogens is 4. The molecule has 7 heteroatoms. The Hall–Kier alpha value is -2.83. The molecular formula is C17H21N5O2. The van der Waals surface area contributed by atoms with E-state index in [9.17, 15) is 9.59 Å². The van der Waals surface area contributed by atoms with E-state index in [0.717, 1.165) is 28.9 Å². The summed E-state index contributed by atoms with van der Waals surface area (Å²) in [5, 5.41) is 0. The van der Waals surface area contributed by atoms with E-state index in [-0.39, 0.29) is 11.2 Å². The number of benzene rings is 1. The molecule has 126 valence electrons. The largest absolute Gasteiger partial charge is 0.372 e. The highest BCUT2D eigenvalue weighted by Gasteiger charge is 2.14. The van der Waals surface area contributed by atoms with Gasteiger partial charge < -0.3 is 9.88 Å². The van der Waals surface area contributed by atoms with Crippen LogP contribution in [0.5, 0.6) is 0 Å². The molecule has 1 N–H and O–H groups in total. The van der Waals surface area contributed by atoms with Crippen LogP contribution >= 0.6 is 0 Å². The van der Waals surface area contributed by atoms with E-state index in [2.05, 4.69) is 28.7 Å². The van der Waals surface area contributed by atoms with Crippen molar-refractivity contribution in [2.45, 2.75) is 13.8 Å². The van der Waals surface area contributed by atoms with E-state index in [0.29, 0.717) is 17.0 Å². The Morgan fingerprint density at radius 1 is 1.04 bits per heavy atom. The molecule has 0 aliphatic carbocycles. The second kappa shape index (κ2) is 5.99. The predicted molar refractivity (Wildman–Crippen MR) is 95.6 cm³/mol. The molecule has 0 radical (unpaired) electrons. The zero-order valence-corrected chi connectivity index (χ0v) is 14.3. The lowest BCUT2D eigenvalue weighted by molar-refractivity contribution is 0.709. The van der Waals surface area contributed by atoms with E-state index < -0.39 is 0 Å². The number of nitrogens with one attached hydrogen (secondary N) is 1. The molecular weight excluding hydrogens is 306 g/mol. The van der Waals surface area contributed by atoms with Gasteiger partial charge in [-0.2, -0.15) is 0 Å². The monoisotopic (exact) mass is 327 g/mol. The zero-order valence-electron chi connectivity index (χ0n) is 14.3. The molecule has 2 heterocycles. The minimum atomic E-state index is -0.387. The molecule has 0 atom stereocenters. The number of rotatable bonds is 4. The Balaban J connectivity index is 2.11. The molecule has 0 saturated heterocycles. The van der Waals surface area contributed by atoms with Gasteiger partial charge in [-0.25, -0.2) is 9.78 Å². The molecule has 7 nitrogen and oxygen atoms in total. The first kappa shape index (κ1) is 16.0. The van der Waals surface area contributed by atoms with E-state index in [1.807, 2.05) is 24.3 Å². The highest BCUT2D eigenvalue weighted by atomic mass is 16.2. The minimum absolute atomic E-state index is 0.336. The van der Waals surface area contributed by atoms with Crippen molar-refractivity contribution in [3.05, 3.63) is 45.1 Å². The minimum Gasteiger partial charge on any atom is -0.372 e. The molecule has 0 saturated carbocycles. The average Bonchev–Trinajstić information content (AvgIpc) is 3.05. The summed E-state index contributed by atoms with van der Waals surface area (Å²) in [5.74, 6) is 0.578. The van der Waals surface area contributed by atoms with Crippen molar-refractivity contribution in [1.82, 2.24) is 19.1 Å². The number of nitrogens with zero attached hydrogens (tertiary/aromatic N) is 4. The van der Waals surface area contributed by atoms with Crippen LogP contribution in [0.15, 0.2) is 33.9 Å². The van der Waals surface area contributed by atoms with E-state index in [1.54, 1.807) is 7.05 Å². The highest BCUT2D eigenvalue weighted by molar-refractivity contribution is 5.75. The van der Waals surface area contributed by atoms with Gasteiger partial charge in [0.25, 0.3) is 5.56 Å². The van der Waals surface area contributed by atoms with Gasteiger partial charge in [0, 0.05) is 38.4 Å². The first-order valence-electron chi connectivity index (χ1n) is 7.99. The Morgan fingerprint density at radius 3 is 2.25 bits per heavy atom. The number of aromatic amines is 1. The topological polar surface area (TPSA) is 75.9 Å². The van der Waals surface area contributed by atoms with Crippen LogP contribution < -0.4 is 16.1 Å². The molecule has 0 amide bonds. The number of imidazole rings is 1. The van der Waals surface area contributed by atoms with Crippen molar-refractivity contribution in [3.63, 3.8) is 0 Å². The molecule has 24 heavy (non-hydrogen) atoms. The second-order valence-corrected chi connectivity index (χ2v) is 5.71. The van der Waals surface area contributed by atoms with Crippen LogP contribution in [0.25, 0.3) is 22.6 Å². The summed E-state index contributed by atoms with van der Waals surface area (Å²) < 4.78 is 2.45. The molecule has 2 aromatic heterocycles. The van der Waals surface area contributed by atoms with Crippen molar-refractivity contribution in [2.24, 2.45) is 14.1 Å². The van der Waals surface area contributed by atoms with Gasteiger partial charge in [-0.3, -0.25) is 13.9 Å². The quantitative estimate of drug-likeness (QED) is 0.787. The molecule has 0 spiro atoms. The van der Waals surface area contributed by atoms with Crippen molar-refractivity contribution < 1.29 is 0 Å². The van der Waals surface area contributed by atoms with Gasteiger partial charge in [-0.05, 0) is 38.1 Å². The maximum Gasteiger partial charge on any atom is 0.332 e. The smallest absolute Gasteiger partial charge is 0.332 e. The molecule has 0 bridgehead atoms. The normalized spacial score (nSPS) is 11.2. The maximum atomic E-state index is 12.2. The van der Waals surface area contributed by atoms with Crippen LogP contribution in [0.4, 0.5) is 5.69 Å². The van der Waals surface area contributed by atoms with Crippen LogP contribution in [-0.2, 0) is 14.1 Å². The number of hydrogen-bond donors (Lipinski definition) is 1. The zero-order chi connectivity index (χ0) is 17.4. The number of hydrogen-bond acceptors (Lipinski definition) is 4. The van der Waals surface area contributed by atoms with Gasteiger partial charge in [-0.1, -0.05) is 0 Å². The van der Waals surface area contributed by atoms with Crippen LogP contribution in [-0.4, -0.2) is 32.2 Å². The van der Waals surface area contributed by atoms with E-state index >= 15 is 0 Å². The molecule has 0 aliphatic heterocycles. The lowest BCUT2D eigenvalue weighted by atomic mass is 10.2. The third-order valence-electron chi connectivity index (χ3n) is 4.36. The molecule has 3 rings (SSSR count). The fraction of sp³-hybridized carbons (Fsp3) is 0.353. The predicted octanol–water partition coefficient (Wildman–Crippen LogP) is 1.47. The van der Waals surface area contributed by atoms with Gasteiger partial charge in [0.15, 0.2) is 5.65 Å². The summed E-state index contributed by atoms with van der Waals surface area (Å²) in [6, 6.07) is 8.00. The Labute approximate surface area is 139 Å². The number of aryl methyl sites for hydroxylation is 1. The average molecular weight is 327 g/mol. The Morgan fingerprint density at radius 2 is 1.67 bits per heavy atom. The van der Waals surface area contributed by atoms with E-state index in [1.165, 1.54) is 11.6 Å². The SMILES string of the molecule is CCN(CC)c1ccc(-c2nc3c([nH]2)c(=O)n(C)c(=O)n3C)cc1. The van der Waals surface area contributed by atoms with Crippen molar-refractivity contribution in [2.75, 3.05) is 18.0 Å². The number of H-pyrrole nitrogens is 1.